The van der Waals surface area contributed by atoms with E-state index in [1.807, 2.05) is 12.1 Å². The molecule has 1 aromatic carbocycles. The minimum atomic E-state index is -0.748. The number of amides is 1. The summed E-state index contributed by atoms with van der Waals surface area (Å²) >= 11 is 0. The second-order valence-corrected chi connectivity index (χ2v) is 7.43. The molecule has 142 valence electrons. The SMILES string of the molecule is CC(C)CC(CNC(=O)C1Cc2ccccc2C(=O)O1)N1CCOCC1. The van der Waals surface area contributed by atoms with Gasteiger partial charge in [0.2, 0.25) is 0 Å². The normalized spacial score (nSPS) is 21.8. The standard InChI is InChI=1S/C20H28N2O4/c1-14(2)11-16(22-7-9-25-10-8-22)13-21-19(23)18-12-15-5-3-4-6-17(15)20(24)26-18/h3-6,14,16,18H,7-13H2,1-2H3,(H,21,23). The number of carbonyl (C=O) groups is 2. The Bertz CT molecular complexity index is 640. The molecule has 0 spiro atoms. The summed E-state index contributed by atoms with van der Waals surface area (Å²) < 4.78 is 10.8. The van der Waals surface area contributed by atoms with Crippen LogP contribution < -0.4 is 5.32 Å². The van der Waals surface area contributed by atoms with Crippen molar-refractivity contribution in [1.82, 2.24) is 10.2 Å². The van der Waals surface area contributed by atoms with Gasteiger partial charge in [-0.2, -0.15) is 0 Å². The molecule has 1 fully saturated rings. The third-order valence-corrected chi connectivity index (χ3v) is 5.00. The van der Waals surface area contributed by atoms with Crippen molar-refractivity contribution in [2.75, 3.05) is 32.8 Å². The van der Waals surface area contributed by atoms with Gasteiger partial charge in [-0.15, -0.1) is 0 Å². The molecule has 2 atom stereocenters. The average molecular weight is 360 g/mol. The molecule has 2 aliphatic heterocycles. The summed E-state index contributed by atoms with van der Waals surface area (Å²) in [6.07, 6.45) is 0.690. The minimum absolute atomic E-state index is 0.213. The van der Waals surface area contributed by atoms with E-state index in [-0.39, 0.29) is 11.9 Å². The summed E-state index contributed by atoms with van der Waals surface area (Å²) in [6.45, 7) is 8.19. The Labute approximate surface area is 154 Å². The molecule has 1 aromatic rings. The molecule has 6 nitrogen and oxygen atoms in total. The maximum Gasteiger partial charge on any atom is 0.339 e. The fourth-order valence-electron chi connectivity index (χ4n) is 3.66. The molecule has 1 saturated heterocycles. The third kappa shape index (κ3) is 4.62. The Morgan fingerprint density at radius 1 is 1.27 bits per heavy atom. The van der Waals surface area contributed by atoms with Gasteiger partial charge < -0.3 is 14.8 Å². The Balaban J connectivity index is 1.59. The van der Waals surface area contributed by atoms with Crippen molar-refractivity contribution in [3.05, 3.63) is 35.4 Å². The fourth-order valence-corrected chi connectivity index (χ4v) is 3.66. The summed E-state index contributed by atoms with van der Waals surface area (Å²) in [6, 6.07) is 7.58. The van der Waals surface area contributed by atoms with Crippen molar-refractivity contribution in [2.45, 2.75) is 38.8 Å². The van der Waals surface area contributed by atoms with Crippen LogP contribution in [0.4, 0.5) is 0 Å². The van der Waals surface area contributed by atoms with Crippen LogP contribution >= 0.6 is 0 Å². The molecule has 0 bridgehead atoms. The van der Waals surface area contributed by atoms with E-state index in [1.54, 1.807) is 12.1 Å². The zero-order chi connectivity index (χ0) is 18.5. The maximum absolute atomic E-state index is 12.6. The first-order valence-electron chi connectivity index (χ1n) is 9.43. The van der Waals surface area contributed by atoms with Gasteiger partial charge in [0, 0.05) is 32.1 Å². The second kappa shape index (κ2) is 8.64. The number of hydrogen-bond acceptors (Lipinski definition) is 5. The highest BCUT2D eigenvalue weighted by molar-refractivity contribution is 5.95. The molecule has 2 heterocycles. The highest BCUT2D eigenvalue weighted by Gasteiger charge is 2.31. The van der Waals surface area contributed by atoms with Crippen LogP contribution in [0.2, 0.25) is 0 Å². The first-order valence-corrected chi connectivity index (χ1v) is 9.43. The van der Waals surface area contributed by atoms with Gasteiger partial charge in [0.1, 0.15) is 0 Å². The number of hydrogen-bond donors (Lipinski definition) is 1. The topological polar surface area (TPSA) is 67.9 Å². The number of esters is 1. The molecule has 1 N–H and O–H groups in total. The molecule has 26 heavy (non-hydrogen) atoms. The molecule has 0 radical (unpaired) electrons. The van der Waals surface area contributed by atoms with Crippen molar-refractivity contribution in [3.8, 4) is 0 Å². The summed E-state index contributed by atoms with van der Waals surface area (Å²) in [5.74, 6) is -0.0899. The molecule has 2 aliphatic rings. The monoisotopic (exact) mass is 360 g/mol. The van der Waals surface area contributed by atoms with Crippen molar-refractivity contribution in [1.29, 1.82) is 0 Å². The Morgan fingerprint density at radius 2 is 2.00 bits per heavy atom. The van der Waals surface area contributed by atoms with E-state index in [0.29, 0.717) is 24.4 Å². The van der Waals surface area contributed by atoms with Gasteiger partial charge in [-0.25, -0.2) is 4.79 Å². The van der Waals surface area contributed by atoms with E-state index < -0.39 is 12.1 Å². The van der Waals surface area contributed by atoms with Crippen LogP contribution in [0.15, 0.2) is 24.3 Å². The van der Waals surface area contributed by atoms with Gasteiger partial charge in [0.25, 0.3) is 5.91 Å². The molecular formula is C20H28N2O4. The van der Waals surface area contributed by atoms with Crippen LogP contribution in [0.1, 0.15) is 36.2 Å². The van der Waals surface area contributed by atoms with Gasteiger partial charge in [0.15, 0.2) is 6.10 Å². The van der Waals surface area contributed by atoms with Crippen LogP contribution in [0.3, 0.4) is 0 Å². The smallest absolute Gasteiger partial charge is 0.339 e. The van der Waals surface area contributed by atoms with Crippen LogP contribution in [0, 0.1) is 5.92 Å². The van der Waals surface area contributed by atoms with Gasteiger partial charge in [0.05, 0.1) is 18.8 Å². The van der Waals surface area contributed by atoms with E-state index >= 15 is 0 Å². The highest BCUT2D eigenvalue weighted by Crippen LogP contribution is 2.20. The number of fused-ring (bicyclic) bond motifs is 1. The molecule has 0 aliphatic carbocycles. The van der Waals surface area contributed by atoms with E-state index in [1.165, 1.54) is 0 Å². The number of nitrogens with zero attached hydrogens (tertiary/aromatic N) is 1. The lowest BCUT2D eigenvalue weighted by Crippen LogP contribution is -2.51. The number of cyclic esters (lactones) is 1. The van der Waals surface area contributed by atoms with E-state index in [2.05, 4.69) is 24.1 Å². The maximum atomic E-state index is 12.6. The molecule has 3 rings (SSSR count). The lowest BCUT2D eigenvalue weighted by molar-refractivity contribution is -0.130. The zero-order valence-corrected chi connectivity index (χ0v) is 15.6. The number of benzene rings is 1. The largest absolute Gasteiger partial charge is 0.448 e. The summed E-state index contributed by atoms with van der Waals surface area (Å²) in [5.41, 5.74) is 1.43. The first-order chi connectivity index (χ1) is 12.5. The number of morpholine rings is 1. The molecule has 2 unspecified atom stereocenters. The molecular weight excluding hydrogens is 332 g/mol. The van der Waals surface area contributed by atoms with Crippen LogP contribution in [-0.2, 0) is 20.7 Å². The molecule has 1 amide bonds. The van der Waals surface area contributed by atoms with Crippen molar-refractivity contribution < 1.29 is 19.1 Å². The number of ether oxygens (including phenoxy) is 2. The van der Waals surface area contributed by atoms with Gasteiger partial charge in [-0.3, -0.25) is 9.69 Å². The van der Waals surface area contributed by atoms with Crippen molar-refractivity contribution >= 4 is 11.9 Å². The molecule has 6 heteroatoms. The van der Waals surface area contributed by atoms with E-state index in [9.17, 15) is 9.59 Å². The fraction of sp³-hybridized carbons (Fsp3) is 0.600. The Morgan fingerprint density at radius 3 is 2.73 bits per heavy atom. The van der Waals surface area contributed by atoms with Crippen LogP contribution in [-0.4, -0.2) is 61.8 Å². The van der Waals surface area contributed by atoms with E-state index in [4.69, 9.17) is 9.47 Å². The number of nitrogens with one attached hydrogen (secondary N) is 1. The average Bonchev–Trinajstić information content (AvgIpc) is 2.65. The molecule has 0 saturated carbocycles. The Kier molecular flexibility index (Phi) is 6.27. The second-order valence-electron chi connectivity index (χ2n) is 7.43. The van der Waals surface area contributed by atoms with Crippen molar-refractivity contribution in [3.63, 3.8) is 0 Å². The predicted molar refractivity (Wildman–Crippen MR) is 98.0 cm³/mol. The first kappa shape index (κ1) is 18.9. The Hall–Kier alpha value is -1.92. The summed E-state index contributed by atoms with van der Waals surface area (Å²) in [5, 5.41) is 3.01. The summed E-state index contributed by atoms with van der Waals surface area (Å²) in [4.78, 5) is 27.1. The van der Waals surface area contributed by atoms with Crippen LogP contribution in [0.25, 0.3) is 0 Å². The lowest BCUT2D eigenvalue weighted by atomic mass is 9.98. The number of carbonyl (C=O) groups excluding carboxylic acids is 2. The minimum Gasteiger partial charge on any atom is -0.448 e. The van der Waals surface area contributed by atoms with Crippen LogP contribution in [0.5, 0.6) is 0 Å². The van der Waals surface area contributed by atoms with Gasteiger partial charge in [-0.05, 0) is 24.0 Å². The molecule has 0 aromatic heterocycles. The van der Waals surface area contributed by atoms with Gasteiger partial charge >= 0.3 is 5.97 Å². The highest BCUT2D eigenvalue weighted by atomic mass is 16.5. The number of rotatable bonds is 6. The third-order valence-electron chi connectivity index (χ3n) is 5.00. The van der Waals surface area contributed by atoms with Gasteiger partial charge in [-0.1, -0.05) is 32.0 Å². The van der Waals surface area contributed by atoms with Crippen molar-refractivity contribution in [2.24, 2.45) is 5.92 Å². The quantitative estimate of drug-likeness (QED) is 0.781. The predicted octanol–water partition coefficient (Wildman–Crippen LogP) is 1.63. The summed E-state index contributed by atoms with van der Waals surface area (Å²) in [7, 11) is 0. The lowest BCUT2D eigenvalue weighted by Gasteiger charge is -2.36. The zero-order valence-electron chi connectivity index (χ0n) is 15.6. The van der Waals surface area contributed by atoms with E-state index in [0.717, 1.165) is 38.3 Å².